The van der Waals surface area contributed by atoms with E-state index >= 15 is 0 Å². The lowest BCUT2D eigenvalue weighted by molar-refractivity contribution is -0.125. The first-order valence-corrected chi connectivity index (χ1v) is 14.0. The Morgan fingerprint density at radius 2 is 1.97 bits per heavy atom. The van der Waals surface area contributed by atoms with Crippen molar-refractivity contribution >= 4 is 38.2 Å². The number of hydrogen-bond donors (Lipinski definition) is 2. The maximum atomic E-state index is 13.0. The largest absolute Gasteiger partial charge is 0.497 e. The Morgan fingerprint density at radius 1 is 1.16 bits per heavy atom. The van der Waals surface area contributed by atoms with Gasteiger partial charge in [0, 0.05) is 50.2 Å². The highest BCUT2D eigenvalue weighted by Crippen LogP contribution is 2.34. The summed E-state index contributed by atoms with van der Waals surface area (Å²) in [6.45, 7) is 6.57. The fourth-order valence-corrected chi connectivity index (χ4v) is 6.30. The second-order valence-electron chi connectivity index (χ2n) is 10.0. The molecule has 1 amide bonds. The zero-order chi connectivity index (χ0) is 26.2. The highest BCUT2D eigenvalue weighted by Gasteiger charge is 2.38. The number of carbonyl (C=O) groups is 1. The van der Waals surface area contributed by atoms with Gasteiger partial charge in [0.05, 0.1) is 41.9 Å². The van der Waals surface area contributed by atoms with Crippen LogP contribution in [0.3, 0.4) is 0 Å². The van der Waals surface area contributed by atoms with Crippen LogP contribution in [0.5, 0.6) is 5.75 Å². The molecule has 0 bridgehead atoms. The molecule has 37 heavy (non-hydrogen) atoms. The fraction of sp³-hybridized carbons (Fsp3) is 0.407. The van der Waals surface area contributed by atoms with E-state index in [4.69, 9.17) is 14.5 Å². The van der Waals surface area contributed by atoms with E-state index in [0.717, 1.165) is 22.2 Å². The quantitative estimate of drug-likeness (QED) is 0.486. The van der Waals surface area contributed by atoms with E-state index in [-0.39, 0.29) is 17.1 Å². The van der Waals surface area contributed by atoms with Gasteiger partial charge < -0.3 is 25.0 Å². The number of carbonyl (C=O) groups excluding carboxylic acids is 1. The van der Waals surface area contributed by atoms with Crippen molar-refractivity contribution < 1.29 is 22.7 Å². The van der Waals surface area contributed by atoms with E-state index in [2.05, 4.69) is 16.7 Å². The van der Waals surface area contributed by atoms with E-state index in [9.17, 15) is 13.2 Å². The third kappa shape index (κ3) is 5.21. The van der Waals surface area contributed by atoms with Gasteiger partial charge in [0.1, 0.15) is 11.6 Å². The van der Waals surface area contributed by atoms with Gasteiger partial charge in [-0.05, 0) is 42.8 Å². The minimum absolute atomic E-state index is 0.000128. The number of fused-ring (bicyclic) bond motifs is 2. The monoisotopic (exact) mass is 524 g/mol. The standard InChI is InChI=1S/C27H32N4O5S/c1-18-4-6-23-22(10-18)24(29-15-27(16-36-17-27)14-28-19(2)32)12-26(30-23)31-8-9-37(33,34)25-7-5-21(35-3)11-20(25)13-31/h4-7,10-12H,8-9,13-17H2,1-3H3,(H,28,32)(H,29,30). The summed E-state index contributed by atoms with van der Waals surface area (Å²) < 4.78 is 36.9. The van der Waals surface area contributed by atoms with E-state index < -0.39 is 9.84 Å². The van der Waals surface area contributed by atoms with Gasteiger partial charge in [0.2, 0.25) is 5.91 Å². The Kier molecular flexibility index (Phi) is 6.72. The molecule has 1 aromatic heterocycles. The lowest BCUT2D eigenvalue weighted by Gasteiger charge is -2.41. The highest BCUT2D eigenvalue weighted by atomic mass is 32.2. The second kappa shape index (κ2) is 9.83. The molecule has 2 N–H and O–H groups in total. The van der Waals surface area contributed by atoms with E-state index in [0.29, 0.717) is 61.4 Å². The lowest BCUT2D eigenvalue weighted by atomic mass is 9.85. The van der Waals surface area contributed by atoms with Crippen LogP contribution in [0.2, 0.25) is 0 Å². The smallest absolute Gasteiger partial charge is 0.216 e. The Balaban J connectivity index is 1.50. The van der Waals surface area contributed by atoms with Crippen LogP contribution >= 0.6 is 0 Å². The first kappa shape index (κ1) is 25.3. The predicted octanol–water partition coefficient (Wildman–Crippen LogP) is 2.91. The molecule has 2 aliphatic rings. The fourth-order valence-electron chi connectivity index (χ4n) is 4.82. The van der Waals surface area contributed by atoms with Crippen LogP contribution in [0, 0.1) is 12.3 Å². The summed E-state index contributed by atoms with van der Waals surface area (Å²) in [5.41, 5.74) is 3.36. The van der Waals surface area contributed by atoms with Crippen molar-refractivity contribution in [1.82, 2.24) is 10.3 Å². The molecule has 1 fully saturated rings. The molecule has 5 rings (SSSR count). The first-order chi connectivity index (χ1) is 17.7. The molecule has 10 heteroatoms. The molecule has 0 spiro atoms. The van der Waals surface area contributed by atoms with Gasteiger partial charge in [-0.15, -0.1) is 0 Å². The van der Waals surface area contributed by atoms with Gasteiger partial charge in [0.15, 0.2) is 9.84 Å². The summed E-state index contributed by atoms with van der Waals surface area (Å²) in [6.07, 6.45) is 0. The van der Waals surface area contributed by atoms with Gasteiger partial charge in [-0.25, -0.2) is 13.4 Å². The lowest BCUT2D eigenvalue weighted by Crippen LogP contribution is -2.54. The molecule has 1 saturated heterocycles. The third-order valence-electron chi connectivity index (χ3n) is 7.05. The van der Waals surface area contributed by atoms with Crippen molar-refractivity contribution in [3.05, 3.63) is 53.6 Å². The molecule has 196 valence electrons. The number of benzene rings is 2. The molecule has 0 atom stereocenters. The number of ether oxygens (including phenoxy) is 2. The molecule has 0 saturated carbocycles. The van der Waals surface area contributed by atoms with Crippen molar-refractivity contribution in [2.45, 2.75) is 25.3 Å². The molecule has 0 unspecified atom stereocenters. The number of rotatable bonds is 7. The number of sulfone groups is 1. The average molecular weight is 525 g/mol. The van der Waals surface area contributed by atoms with Crippen LogP contribution in [0.15, 0.2) is 47.4 Å². The van der Waals surface area contributed by atoms with Crippen LogP contribution in [0.1, 0.15) is 18.1 Å². The third-order valence-corrected chi connectivity index (χ3v) is 8.84. The van der Waals surface area contributed by atoms with Gasteiger partial charge in [-0.2, -0.15) is 0 Å². The van der Waals surface area contributed by atoms with Gasteiger partial charge in [-0.1, -0.05) is 11.6 Å². The van der Waals surface area contributed by atoms with E-state index in [1.165, 1.54) is 6.92 Å². The number of amides is 1. The van der Waals surface area contributed by atoms with Gasteiger partial charge in [0.25, 0.3) is 0 Å². The molecule has 3 aromatic rings. The Hall–Kier alpha value is -3.37. The van der Waals surface area contributed by atoms with Crippen molar-refractivity contribution in [2.24, 2.45) is 5.41 Å². The van der Waals surface area contributed by atoms with Crippen molar-refractivity contribution in [3.63, 3.8) is 0 Å². The highest BCUT2D eigenvalue weighted by molar-refractivity contribution is 7.91. The van der Waals surface area contributed by atoms with Crippen molar-refractivity contribution in [1.29, 1.82) is 0 Å². The molecular weight excluding hydrogens is 492 g/mol. The Labute approximate surface area is 217 Å². The number of methoxy groups -OCH3 is 1. The summed E-state index contributed by atoms with van der Waals surface area (Å²) in [5.74, 6) is 1.25. The van der Waals surface area contributed by atoms with E-state index in [1.54, 1.807) is 25.3 Å². The summed E-state index contributed by atoms with van der Waals surface area (Å²) in [6, 6.07) is 13.2. The van der Waals surface area contributed by atoms with Crippen LogP contribution in [-0.4, -0.2) is 65.0 Å². The van der Waals surface area contributed by atoms with Crippen molar-refractivity contribution in [2.75, 3.05) is 55.9 Å². The normalized spacial score (nSPS) is 17.9. The van der Waals surface area contributed by atoms with Crippen LogP contribution in [0.4, 0.5) is 11.5 Å². The van der Waals surface area contributed by atoms with Crippen LogP contribution < -0.4 is 20.3 Å². The average Bonchev–Trinajstić information content (AvgIpc) is 2.98. The predicted molar refractivity (Wildman–Crippen MR) is 143 cm³/mol. The number of nitrogens with zero attached hydrogens (tertiary/aromatic N) is 2. The maximum Gasteiger partial charge on any atom is 0.216 e. The van der Waals surface area contributed by atoms with Gasteiger partial charge in [-0.3, -0.25) is 4.79 Å². The first-order valence-electron chi connectivity index (χ1n) is 12.3. The van der Waals surface area contributed by atoms with Crippen molar-refractivity contribution in [3.8, 4) is 5.75 Å². The van der Waals surface area contributed by atoms with Gasteiger partial charge >= 0.3 is 0 Å². The summed E-state index contributed by atoms with van der Waals surface area (Å²) in [4.78, 5) is 18.8. The molecule has 3 heterocycles. The van der Waals surface area contributed by atoms with Crippen LogP contribution in [-0.2, 0) is 25.9 Å². The number of pyridine rings is 1. The SMILES string of the molecule is COc1ccc2c(c1)CN(c1cc(NCC3(CNC(C)=O)COC3)c3cc(C)ccc3n1)CCS2(=O)=O. The summed E-state index contributed by atoms with van der Waals surface area (Å²) >= 11 is 0. The minimum Gasteiger partial charge on any atom is -0.497 e. The molecule has 2 aliphatic heterocycles. The summed E-state index contributed by atoms with van der Waals surface area (Å²) in [5, 5.41) is 7.50. The zero-order valence-electron chi connectivity index (χ0n) is 21.3. The topological polar surface area (TPSA) is 110 Å². The number of aromatic nitrogens is 1. The number of aryl methyl sites for hydroxylation is 1. The zero-order valence-corrected chi connectivity index (χ0v) is 22.2. The Bertz CT molecular complexity index is 1450. The second-order valence-corrected chi connectivity index (χ2v) is 12.1. The molecule has 0 aliphatic carbocycles. The molecular formula is C27H32N4O5S. The minimum atomic E-state index is -3.43. The Morgan fingerprint density at radius 3 is 2.68 bits per heavy atom. The molecule has 9 nitrogen and oxygen atoms in total. The number of nitrogens with one attached hydrogen (secondary N) is 2. The molecule has 2 aromatic carbocycles. The number of hydrogen-bond acceptors (Lipinski definition) is 8. The van der Waals surface area contributed by atoms with Crippen LogP contribution in [0.25, 0.3) is 10.9 Å². The molecule has 0 radical (unpaired) electrons. The summed E-state index contributed by atoms with van der Waals surface area (Å²) in [7, 11) is -1.86. The van der Waals surface area contributed by atoms with E-state index in [1.807, 2.05) is 30.0 Å². The number of anilines is 2. The maximum absolute atomic E-state index is 13.0.